The molecule has 1 aromatic carbocycles. The van der Waals surface area contributed by atoms with Crippen LogP contribution in [0.1, 0.15) is 27.6 Å². The van der Waals surface area contributed by atoms with Crippen molar-refractivity contribution >= 4 is 14.4 Å². The SMILES string of the molecule is C[Si](C)(C)OCCC1=C(C2=Cc3ccccc3[CH]2[Zr+2])CC=C1.[Cl-].[Cl-]. The van der Waals surface area contributed by atoms with Gasteiger partial charge in [0.1, 0.15) is 0 Å². The molecule has 1 nitrogen and oxygen atoms in total. The van der Waals surface area contributed by atoms with Crippen LogP contribution in [-0.2, 0) is 29.1 Å². The predicted octanol–water partition coefficient (Wildman–Crippen LogP) is -0.822. The largest absolute Gasteiger partial charge is 1.00 e. The van der Waals surface area contributed by atoms with E-state index in [1.54, 1.807) is 35.9 Å². The van der Waals surface area contributed by atoms with E-state index >= 15 is 0 Å². The molecule has 5 heteroatoms. The molecule has 0 amide bonds. The number of fused-ring (bicyclic) bond motifs is 1. The second-order valence-corrected chi connectivity index (χ2v) is 12.9. The molecule has 0 spiro atoms. The van der Waals surface area contributed by atoms with Gasteiger partial charge in [0.2, 0.25) is 0 Å². The first-order valence-corrected chi connectivity index (χ1v) is 12.8. The summed E-state index contributed by atoms with van der Waals surface area (Å²) >= 11 is 1.59. The standard InChI is InChI=1S/C19H23OSi.2ClH.Zr/c1-21(2,3)20-12-11-15-9-6-10-19(15)18-13-16-7-4-5-8-17(16)14-18;;;/h4-9,13-14H,10-12H2,1-3H3;2*1H;/q;;;+2/p-2. The van der Waals surface area contributed by atoms with E-state index in [1.807, 2.05) is 0 Å². The minimum absolute atomic E-state index is 0. The topological polar surface area (TPSA) is 9.23 Å². The van der Waals surface area contributed by atoms with Crippen molar-refractivity contribution in [3.63, 3.8) is 0 Å². The summed E-state index contributed by atoms with van der Waals surface area (Å²) in [7, 11) is -1.40. The molecule has 0 fully saturated rings. The fourth-order valence-corrected chi connectivity index (χ4v) is 5.13. The van der Waals surface area contributed by atoms with Crippen molar-refractivity contribution in [2.24, 2.45) is 0 Å². The van der Waals surface area contributed by atoms with Crippen molar-refractivity contribution in [3.8, 4) is 0 Å². The molecule has 3 rings (SSSR count). The molecular weight excluding hydrogens is 434 g/mol. The molecule has 0 bridgehead atoms. The fraction of sp³-hybridized carbons (Fsp3) is 0.368. The van der Waals surface area contributed by atoms with Crippen LogP contribution in [0.15, 0.2) is 53.1 Å². The van der Waals surface area contributed by atoms with Gasteiger partial charge in [-0.3, -0.25) is 0 Å². The van der Waals surface area contributed by atoms with Crippen molar-refractivity contribution in [1.82, 2.24) is 0 Å². The summed E-state index contributed by atoms with van der Waals surface area (Å²) in [6.07, 6.45) is 9.18. The Kier molecular flexibility index (Phi) is 8.43. The van der Waals surface area contributed by atoms with Crippen molar-refractivity contribution < 1.29 is 54.0 Å². The van der Waals surface area contributed by atoms with E-state index in [2.05, 4.69) is 62.1 Å². The zero-order chi connectivity index (χ0) is 15.7. The summed E-state index contributed by atoms with van der Waals surface area (Å²) in [5.41, 5.74) is 7.51. The van der Waals surface area contributed by atoms with Gasteiger partial charge in [-0.2, -0.15) is 0 Å². The maximum atomic E-state index is 6.05. The molecule has 1 aromatic rings. The normalized spacial score (nSPS) is 18.9. The van der Waals surface area contributed by atoms with Crippen LogP contribution in [0.25, 0.3) is 6.08 Å². The number of rotatable bonds is 5. The van der Waals surface area contributed by atoms with Gasteiger partial charge in [0.15, 0.2) is 0 Å². The Hall–Kier alpha value is 0.0800. The van der Waals surface area contributed by atoms with E-state index in [1.165, 1.54) is 16.7 Å². The Balaban J connectivity index is 0.00000144. The van der Waals surface area contributed by atoms with Crippen molar-refractivity contribution in [2.75, 3.05) is 6.61 Å². The third kappa shape index (κ3) is 5.05. The van der Waals surface area contributed by atoms with Crippen LogP contribution in [-0.4, -0.2) is 14.9 Å². The molecule has 0 N–H and O–H groups in total. The summed E-state index contributed by atoms with van der Waals surface area (Å²) < 4.78 is 6.65. The molecular formula is C19H23Cl2OSiZr. The Bertz CT molecular complexity index is 674. The van der Waals surface area contributed by atoms with Crippen LogP contribution in [0.4, 0.5) is 0 Å². The predicted molar refractivity (Wildman–Crippen MR) is 91.9 cm³/mol. The van der Waals surface area contributed by atoms with Crippen LogP contribution < -0.4 is 24.8 Å². The van der Waals surface area contributed by atoms with Gasteiger partial charge in [0, 0.05) is 0 Å². The van der Waals surface area contributed by atoms with Crippen molar-refractivity contribution in [3.05, 3.63) is 64.3 Å². The molecule has 0 aromatic heterocycles. The average Bonchev–Trinajstić information content (AvgIpc) is 3.03. The summed E-state index contributed by atoms with van der Waals surface area (Å²) in [6, 6.07) is 8.84. The summed E-state index contributed by atoms with van der Waals surface area (Å²) in [5.74, 6) is 0. The molecule has 0 heterocycles. The summed E-state index contributed by atoms with van der Waals surface area (Å²) in [4.78, 5) is 0. The van der Waals surface area contributed by atoms with Gasteiger partial charge in [0.05, 0.1) is 0 Å². The Labute approximate surface area is 174 Å². The summed E-state index contributed by atoms with van der Waals surface area (Å²) in [6.45, 7) is 7.64. The Morgan fingerprint density at radius 2 is 1.88 bits per heavy atom. The van der Waals surface area contributed by atoms with E-state index in [0.29, 0.717) is 3.63 Å². The van der Waals surface area contributed by atoms with Crippen molar-refractivity contribution in [2.45, 2.75) is 36.1 Å². The van der Waals surface area contributed by atoms with Crippen LogP contribution in [0.2, 0.25) is 19.6 Å². The van der Waals surface area contributed by atoms with E-state index in [9.17, 15) is 0 Å². The molecule has 24 heavy (non-hydrogen) atoms. The monoisotopic (exact) mass is 455 g/mol. The van der Waals surface area contributed by atoms with E-state index in [0.717, 1.165) is 19.4 Å². The second kappa shape index (κ2) is 9.14. The third-order valence-corrected chi connectivity index (χ3v) is 6.81. The number of benzene rings is 1. The molecule has 0 saturated carbocycles. The first-order valence-electron chi connectivity index (χ1n) is 8.00. The first-order chi connectivity index (χ1) is 10.5. The van der Waals surface area contributed by atoms with Crippen LogP contribution in [0.3, 0.4) is 0 Å². The smallest absolute Gasteiger partial charge is 1.00 e. The number of allylic oxidation sites excluding steroid dienone is 4. The second-order valence-electron chi connectivity index (χ2n) is 6.98. The summed E-state index contributed by atoms with van der Waals surface area (Å²) in [5, 5.41) is 0. The zero-order valence-electron chi connectivity index (χ0n) is 14.4. The minimum atomic E-state index is -1.40. The molecule has 1 atom stereocenters. The van der Waals surface area contributed by atoms with Crippen LogP contribution >= 0.6 is 0 Å². The van der Waals surface area contributed by atoms with Gasteiger partial charge < -0.3 is 24.8 Å². The van der Waals surface area contributed by atoms with Gasteiger partial charge in [-0.05, 0) is 0 Å². The molecule has 0 saturated heterocycles. The number of hydrogen-bond acceptors (Lipinski definition) is 1. The van der Waals surface area contributed by atoms with E-state index in [-0.39, 0.29) is 24.8 Å². The van der Waals surface area contributed by atoms with Gasteiger partial charge in [0.25, 0.3) is 0 Å². The zero-order valence-corrected chi connectivity index (χ0v) is 19.4. The minimum Gasteiger partial charge on any atom is -1.00 e. The van der Waals surface area contributed by atoms with Gasteiger partial charge >= 0.3 is 151 Å². The third-order valence-electron chi connectivity index (χ3n) is 4.21. The maximum Gasteiger partial charge on any atom is -1.00 e. The molecule has 1 unspecified atom stereocenters. The molecule has 0 aliphatic heterocycles. The maximum absolute atomic E-state index is 6.05. The quantitative estimate of drug-likeness (QED) is 0.525. The van der Waals surface area contributed by atoms with Crippen molar-refractivity contribution in [1.29, 1.82) is 0 Å². The molecule has 2 aliphatic rings. The first kappa shape index (κ1) is 22.1. The fourth-order valence-electron chi connectivity index (χ4n) is 3.14. The van der Waals surface area contributed by atoms with Gasteiger partial charge in [-0.25, -0.2) is 0 Å². The average molecular weight is 458 g/mol. The molecule has 0 radical (unpaired) electrons. The van der Waals surface area contributed by atoms with Crippen LogP contribution in [0.5, 0.6) is 0 Å². The Morgan fingerprint density at radius 3 is 2.54 bits per heavy atom. The number of halogens is 2. The van der Waals surface area contributed by atoms with Crippen LogP contribution in [0, 0.1) is 0 Å². The number of hydrogen-bond donors (Lipinski definition) is 0. The molecule has 2 aliphatic carbocycles. The van der Waals surface area contributed by atoms with Gasteiger partial charge in [-0.15, -0.1) is 0 Å². The van der Waals surface area contributed by atoms with Gasteiger partial charge in [-0.1, -0.05) is 0 Å². The molecule has 127 valence electrons. The van der Waals surface area contributed by atoms with E-state index in [4.69, 9.17) is 4.43 Å². The Morgan fingerprint density at radius 1 is 1.17 bits per heavy atom. The van der Waals surface area contributed by atoms with E-state index < -0.39 is 8.32 Å².